The first-order valence-corrected chi connectivity index (χ1v) is 2.92. The van der Waals surface area contributed by atoms with Crippen molar-refractivity contribution < 1.29 is 10.2 Å². The summed E-state index contributed by atoms with van der Waals surface area (Å²) in [6.07, 6.45) is 4.58. The predicted molar refractivity (Wildman–Crippen MR) is 35.8 cm³/mol. The largest absolute Gasteiger partial charge is 0.389 e. The molecule has 2 N–H and O–H groups in total. The minimum atomic E-state index is -1.37. The maximum atomic E-state index is 9.11. The van der Waals surface area contributed by atoms with Crippen LogP contribution < -0.4 is 0 Å². The van der Waals surface area contributed by atoms with Gasteiger partial charge in [0.25, 0.3) is 0 Å². The van der Waals surface area contributed by atoms with Gasteiger partial charge in [-0.1, -0.05) is 12.8 Å². The third-order valence-corrected chi connectivity index (χ3v) is 1.33. The molecule has 0 aliphatic heterocycles. The van der Waals surface area contributed by atoms with E-state index in [-0.39, 0.29) is 0 Å². The van der Waals surface area contributed by atoms with E-state index in [1.165, 1.54) is 6.92 Å². The van der Waals surface area contributed by atoms with Gasteiger partial charge in [-0.3, -0.25) is 0 Å². The lowest BCUT2D eigenvalue weighted by atomic mass is 9.99. The van der Waals surface area contributed by atoms with Gasteiger partial charge >= 0.3 is 0 Å². The second-order valence-corrected chi connectivity index (χ2v) is 2.22. The van der Waals surface area contributed by atoms with Crippen LogP contribution in [0.25, 0.3) is 0 Å². The maximum Gasteiger partial charge on any atom is 0.148 e. The summed E-state index contributed by atoms with van der Waals surface area (Å²) in [4.78, 5) is 0. The molecular weight excluding hydrogens is 116 g/mol. The molecule has 9 heavy (non-hydrogen) atoms. The minimum absolute atomic E-state index is 0.469. The summed E-state index contributed by atoms with van der Waals surface area (Å²) in [7, 11) is 0. The molecular formula is C7H12O2. The summed E-state index contributed by atoms with van der Waals surface area (Å²) in [6, 6.07) is 0. The molecule has 0 heterocycles. The van der Waals surface area contributed by atoms with Gasteiger partial charge in [-0.05, 0) is 13.3 Å². The predicted octanol–water partition coefficient (Wildman–Crippen LogP) is 0.141. The van der Waals surface area contributed by atoms with Crippen molar-refractivity contribution in [2.45, 2.75) is 32.0 Å². The number of terminal acetylenes is 1. The SMILES string of the molecule is C#CC(C)(O)C(O)CC. The van der Waals surface area contributed by atoms with Gasteiger partial charge in [0.2, 0.25) is 0 Å². The molecule has 2 nitrogen and oxygen atoms in total. The summed E-state index contributed by atoms with van der Waals surface area (Å²) in [6.45, 7) is 3.18. The van der Waals surface area contributed by atoms with Crippen molar-refractivity contribution >= 4 is 0 Å². The fraction of sp³-hybridized carbons (Fsp3) is 0.714. The van der Waals surface area contributed by atoms with Gasteiger partial charge < -0.3 is 10.2 Å². The van der Waals surface area contributed by atoms with Crippen LogP contribution in [0, 0.1) is 12.3 Å². The summed E-state index contributed by atoms with van der Waals surface area (Å²) in [5.74, 6) is 2.10. The zero-order chi connectivity index (χ0) is 7.49. The monoisotopic (exact) mass is 128 g/mol. The molecule has 0 spiro atoms. The number of rotatable bonds is 2. The Bertz CT molecular complexity index is 121. The van der Waals surface area contributed by atoms with E-state index in [0.29, 0.717) is 6.42 Å². The highest BCUT2D eigenvalue weighted by Crippen LogP contribution is 2.10. The van der Waals surface area contributed by atoms with Crippen LogP contribution in [0.15, 0.2) is 0 Å². The normalized spacial score (nSPS) is 19.9. The Hall–Kier alpha value is -0.520. The summed E-state index contributed by atoms with van der Waals surface area (Å²) < 4.78 is 0. The maximum absolute atomic E-state index is 9.11. The smallest absolute Gasteiger partial charge is 0.148 e. The molecule has 0 amide bonds. The number of aliphatic hydroxyl groups excluding tert-OH is 1. The summed E-state index contributed by atoms with van der Waals surface area (Å²) in [5.41, 5.74) is -1.37. The molecule has 0 aromatic heterocycles. The van der Waals surface area contributed by atoms with Crippen LogP contribution in [-0.4, -0.2) is 21.9 Å². The van der Waals surface area contributed by atoms with Crippen LogP contribution in [0.4, 0.5) is 0 Å². The first-order valence-electron chi connectivity index (χ1n) is 2.92. The fourth-order valence-electron chi connectivity index (χ4n) is 0.494. The lowest BCUT2D eigenvalue weighted by Crippen LogP contribution is -2.36. The Kier molecular flexibility index (Phi) is 2.69. The average molecular weight is 128 g/mol. The van der Waals surface area contributed by atoms with Crippen molar-refractivity contribution in [3.8, 4) is 12.3 Å². The number of hydrogen-bond donors (Lipinski definition) is 2. The number of hydrogen-bond acceptors (Lipinski definition) is 2. The zero-order valence-electron chi connectivity index (χ0n) is 5.76. The lowest BCUT2D eigenvalue weighted by molar-refractivity contribution is -0.0202. The highest BCUT2D eigenvalue weighted by molar-refractivity contribution is 5.07. The van der Waals surface area contributed by atoms with Crippen molar-refractivity contribution in [1.82, 2.24) is 0 Å². The average Bonchev–Trinajstić information content (AvgIpc) is 1.86. The van der Waals surface area contributed by atoms with Crippen LogP contribution in [0.2, 0.25) is 0 Å². The Morgan fingerprint density at radius 3 is 2.33 bits per heavy atom. The van der Waals surface area contributed by atoms with E-state index in [0.717, 1.165) is 0 Å². The van der Waals surface area contributed by atoms with Gasteiger partial charge in [0.15, 0.2) is 0 Å². The zero-order valence-corrected chi connectivity index (χ0v) is 5.76. The molecule has 0 saturated heterocycles. The van der Waals surface area contributed by atoms with Gasteiger partial charge in [-0.25, -0.2) is 0 Å². The van der Waals surface area contributed by atoms with E-state index in [1.54, 1.807) is 6.92 Å². The van der Waals surface area contributed by atoms with Gasteiger partial charge in [0.05, 0.1) is 6.10 Å². The van der Waals surface area contributed by atoms with E-state index in [2.05, 4.69) is 5.92 Å². The first-order chi connectivity index (χ1) is 4.04. The summed E-state index contributed by atoms with van der Waals surface area (Å²) >= 11 is 0. The van der Waals surface area contributed by atoms with Gasteiger partial charge in [-0.15, -0.1) is 6.42 Å². The van der Waals surface area contributed by atoms with Crippen molar-refractivity contribution in [1.29, 1.82) is 0 Å². The standard InChI is InChI=1S/C7H12O2/c1-4-6(8)7(3,9)5-2/h2,6,8-9H,4H2,1,3H3. The Morgan fingerprint density at radius 2 is 2.22 bits per heavy atom. The van der Waals surface area contributed by atoms with Crippen LogP contribution in [0.1, 0.15) is 20.3 Å². The lowest BCUT2D eigenvalue weighted by Gasteiger charge is -2.21. The molecule has 0 radical (unpaired) electrons. The van der Waals surface area contributed by atoms with Crippen LogP contribution >= 0.6 is 0 Å². The topological polar surface area (TPSA) is 40.5 Å². The van der Waals surface area contributed by atoms with Crippen molar-refractivity contribution in [3.63, 3.8) is 0 Å². The second kappa shape index (κ2) is 2.86. The molecule has 2 heteroatoms. The molecule has 0 aromatic carbocycles. The van der Waals surface area contributed by atoms with Crippen molar-refractivity contribution in [2.75, 3.05) is 0 Å². The molecule has 0 fully saturated rings. The van der Waals surface area contributed by atoms with E-state index in [1.807, 2.05) is 0 Å². The molecule has 2 unspecified atom stereocenters. The Labute approximate surface area is 55.5 Å². The first kappa shape index (κ1) is 8.48. The van der Waals surface area contributed by atoms with Crippen LogP contribution in [-0.2, 0) is 0 Å². The molecule has 52 valence electrons. The van der Waals surface area contributed by atoms with Crippen LogP contribution in [0.3, 0.4) is 0 Å². The molecule has 0 saturated carbocycles. The van der Waals surface area contributed by atoms with Gasteiger partial charge in [0, 0.05) is 0 Å². The molecule has 0 aromatic rings. The fourth-order valence-corrected chi connectivity index (χ4v) is 0.494. The molecule has 0 bridgehead atoms. The molecule has 0 aliphatic carbocycles. The molecule has 0 rings (SSSR count). The highest BCUT2D eigenvalue weighted by Gasteiger charge is 2.25. The Morgan fingerprint density at radius 1 is 1.78 bits per heavy atom. The van der Waals surface area contributed by atoms with Gasteiger partial charge in [0.1, 0.15) is 5.60 Å². The van der Waals surface area contributed by atoms with Gasteiger partial charge in [-0.2, -0.15) is 0 Å². The van der Waals surface area contributed by atoms with Crippen molar-refractivity contribution in [2.24, 2.45) is 0 Å². The highest BCUT2D eigenvalue weighted by atomic mass is 16.3. The summed E-state index contributed by atoms with van der Waals surface area (Å²) in [5, 5.41) is 18.1. The van der Waals surface area contributed by atoms with Crippen molar-refractivity contribution in [3.05, 3.63) is 0 Å². The quantitative estimate of drug-likeness (QED) is 0.519. The van der Waals surface area contributed by atoms with E-state index in [4.69, 9.17) is 16.6 Å². The molecule has 2 atom stereocenters. The van der Waals surface area contributed by atoms with E-state index < -0.39 is 11.7 Å². The third-order valence-electron chi connectivity index (χ3n) is 1.33. The third kappa shape index (κ3) is 2.05. The molecule has 0 aliphatic rings. The van der Waals surface area contributed by atoms with E-state index in [9.17, 15) is 0 Å². The second-order valence-electron chi connectivity index (χ2n) is 2.22. The van der Waals surface area contributed by atoms with Crippen LogP contribution in [0.5, 0.6) is 0 Å². The minimum Gasteiger partial charge on any atom is -0.389 e. The number of aliphatic hydroxyl groups is 2. The Balaban J connectivity index is 4.01. The van der Waals surface area contributed by atoms with E-state index >= 15 is 0 Å².